The van der Waals surface area contributed by atoms with E-state index >= 15 is 0 Å². The number of hydrogen-bond donors (Lipinski definition) is 2. The van der Waals surface area contributed by atoms with E-state index in [9.17, 15) is 0 Å². The molecule has 0 aromatic heterocycles. The summed E-state index contributed by atoms with van der Waals surface area (Å²) in [5, 5.41) is 16.1. The van der Waals surface area contributed by atoms with Crippen LogP contribution < -0.4 is 5.48 Å². The summed E-state index contributed by atoms with van der Waals surface area (Å²) in [4.78, 5) is 0. The van der Waals surface area contributed by atoms with Crippen molar-refractivity contribution in [2.75, 3.05) is 0 Å². The highest BCUT2D eigenvalue weighted by Gasteiger charge is 1.96. The Morgan fingerprint density at radius 2 is 2.57 bits per heavy atom. The first-order valence-corrected chi connectivity index (χ1v) is 2.14. The van der Waals surface area contributed by atoms with E-state index in [4.69, 9.17) is 10.5 Å². The standard InChI is InChI=1S/C4H8N2O/c1-2-4(3-5)6-7/h4,6-7H,2H2,1H3. The Morgan fingerprint density at radius 1 is 2.00 bits per heavy atom. The van der Waals surface area contributed by atoms with E-state index in [1.165, 1.54) is 0 Å². The molecule has 0 fully saturated rings. The lowest BCUT2D eigenvalue weighted by molar-refractivity contribution is 0.144. The van der Waals surface area contributed by atoms with Crippen LogP contribution in [0.3, 0.4) is 0 Å². The first-order chi connectivity index (χ1) is 3.35. The van der Waals surface area contributed by atoms with E-state index in [-0.39, 0.29) is 0 Å². The van der Waals surface area contributed by atoms with Gasteiger partial charge in [-0.2, -0.15) is 10.7 Å². The van der Waals surface area contributed by atoms with E-state index in [1.807, 2.05) is 18.5 Å². The first kappa shape index (κ1) is 6.41. The van der Waals surface area contributed by atoms with Gasteiger partial charge in [-0.1, -0.05) is 6.92 Å². The predicted molar refractivity (Wildman–Crippen MR) is 24.6 cm³/mol. The molecular formula is C4H8N2O. The third-order valence-electron chi connectivity index (χ3n) is 0.720. The molecule has 0 aromatic rings. The molecule has 0 aliphatic rings. The minimum atomic E-state index is -0.403. The molecule has 1 atom stereocenters. The molecule has 0 aromatic carbocycles. The molecule has 0 saturated heterocycles. The summed E-state index contributed by atoms with van der Waals surface area (Å²) in [6, 6.07) is 1.44. The van der Waals surface area contributed by atoms with Crippen molar-refractivity contribution in [2.24, 2.45) is 0 Å². The van der Waals surface area contributed by atoms with Gasteiger partial charge in [-0.15, -0.1) is 0 Å². The average Bonchev–Trinajstić information content (AvgIpc) is 1.72. The zero-order valence-corrected chi connectivity index (χ0v) is 4.18. The maximum atomic E-state index is 8.05. The van der Waals surface area contributed by atoms with Crippen LogP contribution >= 0.6 is 0 Å². The van der Waals surface area contributed by atoms with E-state index in [0.29, 0.717) is 6.42 Å². The Balaban J connectivity index is 3.23. The second-order valence-corrected chi connectivity index (χ2v) is 1.22. The average molecular weight is 100 g/mol. The molecule has 0 aliphatic carbocycles. The number of hydroxylamine groups is 1. The fourth-order valence-corrected chi connectivity index (χ4v) is 0.211. The van der Waals surface area contributed by atoms with Gasteiger partial charge in [-0.25, -0.2) is 0 Å². The van der Waals surface area contributed by atoms with E-state index in [2.05, 4.69) is 0 Å². The molecule has 0 bridgehead atoms. The van der Waals surface area contributed by atoms with Gasteiger partial charge in [0.1, 0.15) is 6.04 Å². The van der Waals surface area contributed by atoms with Gasteiger partial charge in [0, 0.05) is 0 Å². The highest BCUT2D eigenvalue weighted by molar-refractivity contribution is 4.85. The maximum absolute atomic E-state index is 8.05. The number of nitrogens with zero attached hydrogens (tertiary/aromatic N) is 1. The molecule has 7 heavy (non-hydrogen) atoms. The molecule has 2 N–H and O–H groups in total. The zero-order chi connectivity index (χ0) is 5.70. The predicted octanol–water partition coefficient (Wildman–Crippen LogP) is 0.267. The van der Waals surface area contributed by atoms with Crippen LogP contribution in [0.1, 0.15) is 13.3 Å². The van der Waals surface area contributed by atoms with Gasteiger partial charge in [-0.3, -0.25) is 0 Å². The molecule has 0 spiro atoms. The molecule has 0 amide bonds. The van der Waals surface area contributed by atoms with Crippen LogP contribution in [0.15, 0.2) is 0 Å². The van der Waals surface area contributed by atoms with Crippen molar-refractivity contribution in [3.05, 3.63) is 0 Å². The summed E-state index contributed by atoms with van der Waals surface area (Å²) in [6.07, 6.45) is 0.632. The molecule has 0 heterocycles. The normalized spacial score (nSPS) is 12.7. The van der Waals surface area contributed by atoms with Crippen molar-refractivity contribution in [3.63, 3.8) is 0 Å². The van der Waals surface area contributed by atoms with Gasteiger partial charge in [0.2, 0.25) is 0 Å². The highest BCUT2D eigenvalue weighted by atomic mass is 16.5. The molecule has 1 unspecified atom stereocenters. The quantitative estimate of drug-likeness (QED) is 0.489. The fourth-order valence-electron chi connectivity index (χ4n) is 0.211. The van der Waals surface area contributed by atoms with Crippen LogP contribution in [0, 0.1) is 11.3 Å². The topological polar surface area (TPSA) is 56.0 Å². The largest absolute Gasteiger partial charge is 0.316 e. The van der Waals surface area contributed by atoms with Crippen molar-refractivity contribution in [2.45, 2.75) is 19.4 Å². The SMILES string of the molecule is CCC(C#N)NO. The highest BCUT2D eigenvalue weighted by Crippen LogP contribution is 1.82. The Labute approximate surface area is 42.5 Å². The van der Waals surface area contributed by atoms with Gasteiger partial charge in [0.15, 0.2) is 0 Å². The Bertz CT molecular complexity index is 72.2. The monoisotopic (exact) mass is 100 g/mol. The minimum absolute atomic E-state index is 0.403. The second kappa shape index (κ2) is 3.59. The van der Waals surface area contributed by atoms with Crippen LogP contribution in [-0.2, 0) is 0 Å². The first-order valence-electron chi connectivity index (χ1n) is 2.14. The molecule has 0 saturated carbocycles. The van der Waals surface area contributed by atoms with Crippen molar-refractivity contribution < 1.29 is 5.21 Å². The van der Waals surface area contributed by atoms with Crippen molar-refractivity contribution in [1.29, 1.82) is 5.26 Å². The van der Waals surface area contributed by atoms with Gasteiger partial charge in [-0.05, 0) is 6.42 Å². The summed E-state index contributed by atoms with van der Waals surface area (Å²) >= 11 is 0. The zero-order valence-electron chi connectivity index (χ0n) is 4.18. The van der Waals surface area contributed by atoms with Crippen LogP contribution in [0.25, 0.3) is 0 Å². The van der Waals surface area contributed by atoms with Crippen molar-refractivity contribution in [3.8, 4) is 6.07 Å². The lowest BCUT2D eigenvalue weighted by Gasteiger charge is -1.97. The molecular weight excluding hydrogens is 92.1 g/mol. The summed E-state index contributed by atoms with van der Waals surface area (Å²) in [6.45, 7) is 1.82. The second-order valence-electron chi connectivity index (χ2n) is 1.22. The minimum Gasteiger partial charge on any atom is -0.316 e. The molecule has 3 nitrogen and oxygen atoms in total. The Morgan fingerprint density at radius 3 is 2.57 bits per heavy atom. The molecule has 0 rings (SSSR count). The molecule has 0 aliphatic heterocycles. The fraction of sp³-hybridized carbons (Fsp3) is 0.750. The summed E-state index contributed by atoms with van der Waals surface area (Å²) in [7, 11) is 0. The maximum Gasteiger partial charge on any atom is 0.118 e. The van der Waals surface area contributed by atoms with Gasteiger partial charge in [0.25, 0.3) is 0 Å². The smallest absolute Gasteiger partial charge is 0.118 e. The lowest BCUT2D eigenvalue weighted by atomic mass is 10.3. The van der Waals surface area contributed by atoms with Crippen LogP contribution in [-0.4, -0.2) is 11.2 Å². The van der Waals surface area contributed by atoms with Crippen molar-refractivity contribution >= 4 is 0 Å². The summed E-state index contributed by atoms with van der Waals surface area (Å²) in [5.74, 6) is 0. The number of nitriles is 1. The van der Waals surface area contributed by atoms with Crippen LogP contribution in [0.5, 0.6) is 0 Å². The van der Waals surface area contributed by atoms with E-state index < -0.39 is 6.04 Å². The Kier molecular flexibility index (Phi) is 3.29. The van der Waals surface area contributed by atoms with Gasteiger partial charge in [0.05, 0.1) is 6.07 Å². The number of hydrogen-bond acceptors (Lipinski definition) is 3. The molecule has 3 heteroatoms. The van der Waals surface area contributed by atoms with Crippen LogP contribution in [0.4, 0.5) is 0 Å². The Hall–Kier alpha value is -0.590. The summed E-state index contributed by atoms with van der Waals surface area (Å²) in [5.41, 5.74) is 1.84. The summed E-state index contributed by atoms with van der Waals surface area (Å²) < 4.78 is 0. The third kappa shape index (κ3) is 2.15. The van der Waals surface area contributed by atoms with Gasteiger partial charge >= 0.3 is 0 Å². The van der Waals surface area contributed by atoms with Gasteiger partial charge < -0.3 is 5.21 Å². The molecule has 40 valence electrons. The van der Waals surface area contributed by atoms with Crippen molar-refractivity contribution in [1.82, 2.24) is 5.48 Å². The lowest BCUT2D eigenvalue weighted by Crippen LogP contribution is -2.22. The van der Waals surface area contributed by atoms with E-state index in [0.717, 1.165) is 0 Å². The molecule has 0 radical (unpaired) electrons. The van der Waals surface area contributed by atoms with Crippen LogP contribution in [0.2, 0.25) is 0 Å². The van der Waals surface area contributed by atoms with E-state index in [1.54, 1.807) is 0 Å². The third-order valence-corrected chi connectivity index (χ3v) is 0.720. The number of rotatable bonds is 2. The number of nitrogens with one attached hydrogen (secondary N) is 1.